The number of benzene rings is 1. The van der Waals surface area contributed by atoms with Crippen LogP contribution < -0.4 is 16.0 Å². The second kappa shape index (κ2) is 10.1. The number of anilines is 1. The van der Waals surface area contributed by atoms with Crippen molar-refractivity contribution in [1.29, 1.82) is 0 Å². The van der Waals surface area contributed by atoms with Crippen LogP contribution in [-0.2, 0) is 11.3 Å². The highest BCUT2D eigenvalue weighted by Gasteiger charge is 2.09. The summed E-state index contributed by atoms with van der Waals surface area (Å²) in [5.41, 5.74) is 2.68. The SMILES string of the molecule is CCNC(=NCC(=O)Nc1cc(Br)ccc1C)NCc1cc(C(C)C)no1. The number of rotatable bonds is 7. The van der Waals surface area contributed by atoms with Gasteiger partial charge < -0.3 is 20.5 Å². The van der Waals surface area contributed by atoms with E-state index in [9.17, 15) is 4.79 Å². The Kier molecular flexibility index (Phi) is 7.84. The minimum absolute atomic E-state index is 0.00886. The van der Waals surface area contributed by atoms with E-state index < -0.39 is 0 Å². The zero-order chi connectivity index (χ0) is 19.8. The highest BCUT2D eigenvalue weighted by Crippen LogP contribution is 2.20. The molecule has 2 aromatic rings. The molecule has 0 aliphatic heterocycles. The van der Waals surface area contributed by atoms with Crippen LogP contribution in [0.5, 0.6) is 0 Å². The number of hydrogen-bond acceptors (Lipinski definition) is 4. The minimum Gasteiger partial charge on any atom is -0.359 e. The van der Waals surface area contributed by atoms with Crippen molar-refractivity contribution in [1.82, 2.24) is 15.8 Å². The number of nitrogens with zero attached hydrogens (tertiary/aromatic N) is 2. The summed E-state index contributed by atoms with van der Waals surface area (Å²) >= 11 is 3.41. The fourth-order valence-corrected chi connectivity index (χ4v) is 2.63. The maximum Gasteiger partial charge on any atom is 0.246 e. The molecule has 1 aromatic heterocycles. The Morgan fingerprint density at radius 1 is 1.30 bits per heavy atom. The smallest absolute Gasteiger partial charge is 0.246 e. The fraction of sp³-hybridized carbons (Fsp3) is 0.421. The highest BCUT2D eigenvalue weighted by atomic mass is 79.9. The average molecular weight is 436 g/mol. The molecule has 0 bridgehead atoms. The number of amides is 1. The van der Waals surface area contributed by atoms with Crippen LogP contribution >= 0.6 is 15.9 Å². The molecule has 0 unspecified atom stereocenters. The van der Waals surface area contributed by atoms with Crippen LogP contribution in [0.4, 0.5) is 5.69 Å². The second-order valence-corrected chi connectivity index (χ2v) is 7.34. The van der Waals surface area contributed by atoms with E-state index in [1.165, 1.54) is 0 Å². The van der Waals surface area contributed by atoms with E-state index in [0.717, 1.165) is 27.2 Å². The monoisotopic (exact) mass is 435 g/mol. The third-order valence-electron chi connectivity index (χ3n) is 3.80. The van der Waals surface area contributed by atoms with Gasteiger partial charge >= 0.3 is 0 Å². The van der Waals surface area contributed by atoms with Gasteiger partial charge in [-0.2, -0.15) is 0 Å². The van der Waals surface area contributed by atoms with E-state index in [-0.39, 0.29) is 12.5 Å². The van der Waals surface area contributed by atoms with Gasteiger partial charge in [-0.15, -0.1) is 0 Å². The summed E-state index contributed by atoms with van der Waals surface area (Å²) in [5.74, 6) is 1.39. The first-order valence-corrected chi connectivity index (χ1v) is 9.72. The Bertz CT molecular complexity index is 801. The first-order chi connectivity index (χ1) is 12.9. The lowest BCUT2D eigenvalue weighted by molar-refractivity contribution is -0.114. The molecule has 1 heterocycles. The van der Waals surface area contributed by atoms with Crippen molar-refractivity contribution in [2.45, 2.75) is 40.2 Å². The van der Waals surface area contributed by atoms with Crippen LogP contribution in [0.2, 0.25) is 0 Å². The zero-order valence-corrected chi connectivity index (χ0v) is 17.7. The van der Waals surface area contributed by atoms with Gasteiger partial charge in [-0.05, 0) is 37.5 Å². The summed E-state index contributed by atoms with van der Waals surface area (Å²) in [6, 6.07) is 7.67. The molecule has 8 heteroatoms. The van der Waals surface area contributed by atoms with Gasteiger partial charge in [-0.1, -0.05) is 41.0 Å². The Morgan fingerprint density at radius 2 is 2.07 bits per heavy atom. The van der Waals surface area contributed by atoms with E-state index in [0.29, 0.717) is 25.0 Å². The second-order valence-electron chi connectivity index (χ2n) is 6.43. The molecular formula is C19H26BrN5O2. The molecule has 1 aromatic carbocycles. The van der Waals surface area contributed by atoms with Gasteiger partial charge in [0.15, 0.2) is 11.7 Å². The number of guanidine groups is 1. The predicted molar refractivity (Wildman–Crippen MR) is 111 cm³/mol. The highest BCUT2D eigenvalue weighted by molar-refractivity contribution is 9.10. The van der Waals surface area contributed by atoms with Crippen LogP contribution in [0, 0.1) is 6.92 Å². The molecule has 7 nitrogen and oxygen atoms in total. The number of nitrogens with one attached hydrogen (secondary N) is 3. The van der Waals surface area contributed by atoms with Gasteiger partial charge in [-0.25, -0.2) is 4.99 Å². The quantitative estimate of drug-likeness (QED) is 0.456. The Hall–Kier alpha value is -2.35. The third-order valence-corrected chi connectivity index (χ3v) is 4.29. The number of aryl methyl sites for hydroxylation is 1. The predicted octanol–water partition coefficient (Wildman–Crippen LogP) is 3.56. The molecule has 0 spiro atoms. The average Bonchev–Trinajstić information content (AvgIpc) is 3.10. The molecule has 1 amide bonds. The standard InChI is InChI=1S/C19H26BrN5O2/c1-5-21-19(22-10-15-9-16(12(2)3)25-27-15)23-11-18(26)24-17-8-14(20)7-6-13(17)4/h6-9,12H,5,10-11H2,1-4H3,(H,24,26)(H2,21,22,23). The number of aliphatic imine (C=N–C) groups is 1. The van der Waals surface area contributed by atoms with Gasteiger partial charge in [-0.3, -0.25) is 4.79 Å². The molecule has 0 fully saturated rings. The van der Waals surface area contributed by atoms with E-state index in [1.54, 1.807) is 0 Å². The van der Waals surface area contributed by atoms with Crippen molar-refractivity contribution in [2.75, 3.05) is 18.4 Å². The summed E-state index contributed by atoms with van der Waals surface area (Å²) < 4.78 is 6.22. The molecule has 3 N–H and O–H groups in total. The van der Waals surface area contributed by atoms with Crippen molar-refractivity contribution < 1.29 is 9.32 Å². The van der Waals surface area contributed by atoms with Gasteiger partial charge in [0.25, 0.3) is 0 Å². The number of aromatic nitrogens is 1. The first-order valence-electron chi connectivity index (χ1n) is 8.92. The lowest BCUT2D eigenvalue weighted by Gasteiger charge is -2.11. The van der Waals surface area contributed by atoms with E-state index in [4.69, 9.17) is 4.52 Å². The van der Waals surface area contributed by atoms with Crippen molar-refractivity contribution in [3.8, 4) is 0 Å². The Morgan fingerprint density at radius 3 is 2.74 bits per heavy atom. The molecule has 146 valence electrons. The Labute approximate surface area is 168 Å². The zero-order valence-electron chi connectivity index (χ0n) is 16.1. The number of carbonyl (C=O) groups excluding carboxylic acids is 1. The number of carbonyl (C=O) groups is 1. The molecule has 27 heavy (non-hydrogen) atoms. The largest absolute Gasteiger partial charge is 0.359 e. The van der Waals surface area contributed by atoms with Crippen molar-refractivity contribution >= 4 is 33.5 Å². The van der Waals surface area contributed by atoms with E-state index >= 15 is 0 Å². The van der Waals surface area contributed by atoms with Crippen molar-refractivity contribution in [3.63, 3.8) is 0 Å². The lowest BCUT2D eigenvalue weighted by atomic mass is 10.1. The van der Waals surface area contributed by atoms with Crippen LogP contribution in [0.15, 0.2) is 38.3 Å². The first kappa shape index (κ1) is 21.0. The summed E-state index contributed by atoms with van der Waals surface area (Å²) in [6.07, 6.45) is 0. The molecule has 0 aliphatic rings. The molecule has 0 atom stereocenters. The third kappa shape index (κ3) is 6.71. The van der Waals surface area contributed by atoms with Crippen molar-refractivity contribution in [2.24, 2.45) is 4.99 Å². The van der Waals surface area contributed by atoms with Crippen molar-refractivity contribution in [3.05, 3.63) is 45.8 Å². The summed E-state index contributed by atoms with van der Waals surface area (Å²) in [7, 11) is 0. The van der Waals surface area contributed by atoms with Gasteiger partial charge in [0, 0.05) is 22.8 Å². The van der Waals surface area contributed by atoms with Gasteiger partial charge in [0.1, 0.15) is 6.54 Å². The number of halogens is 1. The maximum atomic E-state index is 12.2. The van der Waals surface area contributed by atoms with Crippen LogP contribution in [-0.4, -0.2) is 30.1 Å². The molecule has 0 radical (unpaired) electrons. The summed E-state index contributed by atoms with van der Waals surface area (Å²) in [4.78, 5) is 16.5. The molecule has 2 rings (SSSR count). The molecule has 0 saturated carbocycles. The molecular weight excluding hydrogens is 410 g/mol. The normalized spacial score (nSPS) is 11.6. The van der Waals surface area contributed by atoms with Crippen LogP contribution in [0.3, 0.4) is 0 Å². The Balaban J connectivity index is 1.93. The summed E-state index contributed by atoms with van der Waals surface area (Å²) in [5, 5.41) is 13.2. The lowest BCUT2D eigenvalue weighted by Crippen LogP contribution is -2.37. The topological polar surface area (TPSA) is 91.5 Å². The molecule has 0 saturated heterocycles. The maximum absolute atomic E-state index is 12.2. The minimum atomic E-state index is -0.185. The van der Waals surface area contributed by atoms with E-state index in [2.05, 4.69) is 55.9 Å². The summed E-state index contributed by atoms with van der Waals surface area (Å²) in [6.45, 7) is 9.17. The van der Waals surface area contributed by atoms with Gasteiger partial charge in [0.2, 0.25) is 5.91 Å². The van der Waals surface area contributed by atoms with E-state index in [1.807, 2.05) is 38.1 Å². The molecule has 0 aliphatic carbocycles. The van der Waals surface area contributed by atoms with Crippen LogP contribution in [0.1, 0.15) is 43.7 Å². The van der Waals surface area contributed by atoms with Crippen LogP contribution in [0.25, 0.3) is 0 Å². The van der Waals surface area contributed by atoms with Gasteiger partial charge in [0.05, 0.1) is 12.2 Å². The number of hydrogen-bond donors (Lipinski definition) is 3. The fourth-order valence-electron chi connectivity index (χ4n) is 2.27.